The molecule has 0 bridgehead atoms. The second kappa shape index (κ2) is 7.64. The Morgan fingerprint density at radius 3 is 2.62 bits per heavy atom. The molecule has 2 rings (SSSR count). The number of hydrogen-bond donors (Lipinski definition) is 1. The number of hydrogen-bond acceptors (Lipinski definition) is 4. The minimum absolute atomic E-state index is 0.738. The summed E-state index contributed by atoms with van der Waals surface area (Å²) in [5.74, 6) is 1.75. The van der Waals surface area contributed by atoms with Crippen LogP contribution >= 0.6 is 0 Å². The fraction of sp³-hybridized carbons (Fsp3) is 0.353. The van der Waals surface area contributed by atoms with E-state index in [9.17, 15) is 0 Å². The van der Waals surface area contributed by atoms with E-state index in [0.29, 0.717) is 0 Å². The maximum absolute atomic E-state index is 5.26. The van der Waals surface area contributed by atoms with Crippen molar-refractivity contribution in [1.29, 1.82) is 0 Å². The predicted molar refractivity (Wildman–Crippen MR) is 83.9 cm³/mol. The van der Waals surface area contributed by atoms with E-state index in [1.165, 1.54) is 5.56 Å². The Morgan fingerprint density at radius 2 is 1.86 bits per heavy atom. The monoisotopic (exact) mass is 286 g/mol. The quantitative estimate of drug-likeness (QED) is 0.795. The van der Waals surface area contributed by atoms with Crippen LogP contribution < -0.4 is 14.8 Å². The second-order valence-corrected chi connectivity index (χ2v) is 4.92. The molecule has 1 aromatic heterocycles. The number of ether oxygens (including phenoxy) is 2. The highest BCUT2D eigenvalue weighted by Crippen LogP contribution is 2.14. The van der Waals surface area contributed by atoms with Crippen LogP contribution in [0.15, 0.2) is 36.4 Å². The predicted octanol–water partition coefficient (Wildman–Crippen LogP) is 2.74. The van der Waals surface area contributed by atoms with Gasteiger partial charge in [-0.25, -0.2) is 0 Å². The van der Waals surface area contributed by atoms with Crippen molar-refractivity contribution in [2.24, 2.45) is 0 Å². The lowest BCUT2D eigenvalue weighted by Gasteiger charge is -2.08. The van der Waals surface area contributed by atoms with Gasteiger partial charge in [0.2, 0.25) is 0 Å². The van der Waals surface area contributed by atoms with Crippen molar-refractivity contribution in [2.75, 3.05) is 20.8 Å². The molecule has 0 saturated carbocycles. The van der Waals surface area contributed by atoms with Crippen LogP contribution in [0.2, 0.25) is 0 Å². The molecule has 0 amide bonds. The molecule has 0 fully saturated rings. The van der Waals surface area contributed by atoms with Crippen molar-refractivity contribution < 1.29 is 9.47 Å². The number of rotatable bonds is 7. The van der Waals surface area contributed by atoms with E-state index in [1.54, 1.807) is 14.2 Å². The SMILES string of the molecule is COc1cccc(CCNCc2cc(OC)cc(C)n2)c1. The van der Waals surface area contributed by atoms with Gasteiger partial charge in [-0.2, -0.15) is 0 Å². The lowest BCUT2D eigenvalue weighted by molar-refractivity contribution is 0.412. The minimum atomic E-state index is 0.738. The van der Waals surface area contributed by atoms with Crippen molar-refractivity contribution in [3.8, 4) is 11.5 Å². The van der Waals surface area contributed by atoms with Gasteiger partial charge in [-0.15, -0.1) is 0 Å². The van der Waals surface area contributed by atoms with Crippen LogP contribution in [0.3, 0.4) is 0 Å². The van der Waals surface area contributed by atoms with Gasteiger partial charge in [0.25, 0.3) is 0 Å². The van der Waals surface area contributed by atoms with Gasteiger partial charge in [-0.05, 0) is 37.6 Å². The summed E-state index contributed by atoms with van der Waals surface area (Å²) in [5, 5.41) is 3.41. The molecule has 0 radical (unpaired) electrons. The van der Waals surface area contributed by atoms with Crippen molar-refractivity contribution in [3.05, 3.63) is 53.3 Å². The van der Waals surface area contributed by atoms with Crippen LogP contribution in [0, 0.1) is 6.92 Å². The molecule has 0 aliphatic carbocycles. The summed E-state index contributed by atoms with van der Waals surface area (Å²) in [6.07, 6.45) is 0.958. The van der Waals surface area contributed by atoms with Crippen molar-refractivity contribution >= 4 is 0 Å². The van der Waals surface area contributed by atoms with Gasteiger partial charge in [-0.3, -0.25) is 4.98 Å². The zero-order chi connectivity index (χ0) is 15.1. The second-order valence-electron chi connectivity index (χ2n) is 4.92. The van der Waals surface area contributed by atoms with Crippen molar-refractivity contribution in [1.82, 2.24) is 10.3 Å². The molecule has 0 aliphatic rings. The molecular formula is C17H22N2O2. The number of pyridine rings is 1. The Hall–Kier alpha value is -2.07. The molecule has 0 spiro atoms. The van der Waals surface area contributed by atoms with Crippen LogP contribution in [0.25, 0.3) is 0 Å². The zero-order valence-electron chi connectivity index (χ0n) is 12.8. The van der Waals surface area contributed by atoms with E-state index in [-0.39, 0.29) is 0 Å². The maximum atomic E-state index is 5.26. The number of nitrogens with one attached hydrogen (secondary N) is 1. The topological polar surface area (TPSA) is 43.4 Å². The fourth-order valence-electron chi connectivity index (χ4n) is 2.19. The Bertz CT molecular complexity index is 585. The summed E-state index contributed by atoms with van der Waals surface area (Å²) in [6.45, 7) is 3.61. The van der Waals surface area contributed by atoms with E-state index in [1.807, 2.05) is 31.2 Å². The molecular weight excluding hydrogens is 264 g/mol. The van der Waals surface area contributed by atoms with E-state index in [4.69, 9.17) is 9.47 Å². The molecule has 0 atom stereocenters. The summed E-state index contributed by atoms with van der Waals surface area (Å²) in [6, 6.07) is 12.0. The third-order valence-corrected chi connectivity index (χ3v) is 3.25. The van der Waals surface area contributed by atoms with Gasteiger partial charge in [0.1, 0.15) is 11.5 Å². The molecule has 4 heteroatoms. The van der Waals surface area contributed by atoms with Gasteiger partial charge < -0.3 is 14.8 Å². The minimum Gasteiger partial charge on any atom is -0.497 e. The summed E-state index contributed by atoms with van der Waals surface area (Å²) in [7, 11) is 3.36. The lowest BCUT2D eigenvalue weighted by atomic mass is 10.1. The number of nitrogens with zero attached hydrogens (tertiary/aromatic N) is 1. The Kier molecular flexibility index (Phi) is 5.58. The average Bonchev–Trinajstić information content (AvgIpc) is 2.51. The smallest absolute Gasteiger partial charge is 0.122 e. The number of benzene rings is 1. The van der Waals surface area contributed by atoms with Crippen molar-refractivity contribution in [2.45, 2.75) is 19.9 Å². The fourth-order valence-corrected chi connectivity index (χ4v) is 2.19. The first-order valence-corrected chi connectivity index (χ1v) is 7.06. The standard InChI is InChI=1S/C17H22N2O2/c1-13-9-17(21-3)11-15(19-13)12-18-8-7-14-5-4-6-16(10-14)20-2/h4-6,9-11,18H,7-8,12H2,1-3H3. The van der Waals surface area contributed by atoms with E-state index in [0.717, 1.165) is 42.4 Å². The van der Waals surface area contributed by atoms with E-state index >= 15 is 0 Å². The van der Waals surface area contributed by atoms with Crippen LogP contribution in [-0.4, -0.2) is 25.7 Å². The van der Waals surface area contributed by atoms with Gasteiger partial charge in [0, 0.05) is 24.4 Å². The first-order chi connectivity index (χ1) is 10.2. The molecule has 2 aromatic rings. The van der Waals surface area contributed by atoms with Gasteiger partial charge in [-0.1, -0.05) is 12.1 Å². The first kappa shape index (κ1) is 15.3. The first-order valence-electron chi connectivity index (χ1n) is 7.06. The van der Waals surface area contributed by atoms with E-state index in [2.05, 4.69) is 22.4 Å². The summed E-state index contributed by atoms with van der Waals surface area (Å²) in [4.78, 5) is 4.49. The normalized spacial score (nSPS) is 10.4. The van der Waals surface area contributed by atoms with Crippen LogP contribution in [0.1, 0.15) is 17.0 Å². The molecule has 1 N–H and O–H groups in total. The number of aryl methyl sites for hydroxylation is 1. The number of aromatic nitrogens is 1. The third-order valence-electron chi connectivity index (χ3n) is 3.25. The summed E-state index contributed by atoms with van der Waals surface area (Å²) >= 11 is 0. The highest BCUT2D eigenvalue weighted by atomic mass is 16.5. The summed E-state index contributed by atoms with van der Waals surface area (Å²) in [5.41, 5.74) is 3.23. The van der Waals surface area contributed by atoms with Gasteiger partial charge in [0.05, 0.1) is 19.9 Å². The Morgan fingerprint density at radius 1 is 1.05 bits per heavy atom. The van der Waals surface area contributed by atoms with Crippen molar-refractivity contribution in [3.63, 3.8) is 0 Å². The molecule has 1 aromatic carbocycles. The van der Waals surface area contributed by atoms with Crippen LogP contribution in [0.4, 0.5) is 0 Å². The summed E-state index contributed by atoms with van der Waals surface area (Å²) < 4.78 is 10.5. The third kappa shape index (κ3) is 4.76. The average molecular weight is 286 g/mol. The lowest BCUT2D eigenvalue weighted by Crippen LogP contribution is -2.17. The highest BCUT2D eigenvalue weighted by molar-refractivity contribution is 5.29. The number of methoxy groups -OCH3 is 2. The van der Waals surface area contributed by atoms with Gasteiger partial charge in [0.15, 0.2) is 0 Å². The largest absolute Gasteiger partial charge is 0.497 e. The molecule has 0 aliphatic heterocycles. The molecule has 112 valence electrons. The maximum Gasteiger partial charge on any atom is 0.122 e. The molecule has 0 saturated heterocycles. The van der Waals surface area contributed by atoms with Gasteiger partial charge >= 0.3 is 0 Å². The molecule has 0 unspecified atom stereocenters. The van der Waals surface area contributed by atoms with Crippen LogP contribution in [-0.2, 0) is 13.0 Å². The molecule has 4 nitrogen and oxygen atoms in total. The zero-order valence-corrected chi connectivity index (χ0v) is 12.8. The molecule has 21 heavy (non-hydrogen) atoms. The highest BCUT2D eigenvalue weighted by Gasteiger charge is 2.01. The molecule has 1 heterocycles. The van der Waals surface area contributed by atoms with E-state index < -0.39 is 0 Å². The Labute approximate surface area is 126 Å². The van der Waals surface area contributed by atoms with Crippen LogP contribution in [0.5, 0.6) is 11.5 Å². The Balaban J connectivity index is 1.83.